The second kappa shape index (κ2) is 7.82. The van der Waals surface area contributed by atoms with Crippen LogP contribution < -0.4 is 10.1 Å². The first-order valence-electron chi connectivity index (χ1n) is 7.24. The minimum Gasteiger partial charge on any atom is -0.487 e. The predicted molar refractivity (Wildman–Crippen MR) is 84.2 cm³/mol. The molecule has 1 aliphatic rings. The van der Waals surface area contributed by atoms with Crippen LogP contribution in [0.3, 0.4) is 0 Å². The van der Waals surface area contributed by atoms with Crippen molar-refractivity contribution in [2.45, 2.75) is 13.0 Å². The van der Waals surface area contributed by atoms with Gasteiger partial charge in [0.25, 0.3) is 0 Å². The molecule has 0 aliphatic carbocycles. The Morgan fingerprint density at radius 1 is 1.55 bits per heavy atom. The van der Waals surface area contributed by atoms with Crippen molar-refractivity contribution in [3.8, 4) is 5.75 Å². The zero-order chi connectivity index (χ0) is 15.9. The Morgan fingerprint density at radius 2 is 2.32 bits per heavy atom. The van der Waals surface area contributed by atoms with Gasteiger partial charge in [0.1, 0.15) is 12.4 Å². The van der Waals surface area contributed by atoms with E-state index in [-0.39, 0.29) is 18.7 Å². The highest BCUT2D eigenvalue weighted by atomic mass is 16.5. The van der Waals surface area contributed by atoms with E-state index in [0.717, 1.165) is 5.57 Å². The Balaban J connectivity index is 2.05. The Morgan fingerprint density at radius 3 is 3.05 bits per heavy atom. The molecule has 2 amide bonds. The number of hydrogen-bond donors (Lipinski definition) is 2. The molecule has 0 unspecified atom stereocenters. The zero-order valence-corrected chi connectivity index (χ0v) is 12.7. The van der Waals surface area contributed by atoms with Crippen LogP contribution in [0.5, 0.6) is 5.75 Å². The minimum absolute atomic E-state index is 0.124. The number of amides is 2. The van der Waals surface area contributed by atoms with Crippen molar-refractivity contribution in [3.05, 3.63) is 36.4 Å². The maximum Gasteiger partial charge on any atom is 0.322 e. The second-order valence-corrected chi connectivity index (χ2v) is 5.28. The number of nitrogens with one attached hydrogen (secondary N) is 1. The Bertz CT molecular complexity index is 533. The first kappa shape index (κ1) is 16.3. The fraction of sp³-hybridized carbons (Fsp3) is 0.438. The zero-order valence-electron chi connectivity index (χ0n) is 12.7. The molecule has 1 fully saturated rings. The number of aliphatic hydroxyl groups is 1. The van der Waals surface area contributed by atoms with E-state index in [0.29, 0.717) is 37.8 Å². The number of nitrogens with zero attached hydrogens (tertiary/aromatic N) is 1. The van der Waals surface area contributed by atoms with Gasteiger partial charge in [-0.2, -0.15) is 0 Å². The molecule has 2 rings (SSSR count). The molecule has 6 nitrogen and oxygen atoms in total. The van der Waals surface area contributed by atoms with Crippen molar-refractivity contribution in [1.82, 2.24) is 4.90 Å². The van der Waals surface area contributed by atoms with Crippen LogP contribution in [0.2, 0.25) is 0 Å². The molecule has 1 aliphatic heterocycles. The van der Waals surface area contributed by atoms with Crippen LogP contribution in [-0.2, 0) is 4.74 Å². The highest BCUT2D eigenvalue weighted by Crippen LogP contribution is 2.25. The van der Waals surface area contributed by atoms with Crippen molar-refractivity contribution in [1.29, 1.82) is 0 Å². The number of hydrogen-bond acceptors (Lipinski definition) is 4. The molecule has 0 radical (unpaired) electrons. The maximum atomic E-state index is 12.4. The number of carbonyl (C=O) groups is 1. The van der Waals surface area contributed by atoms with Crippen LogP contribution in [0.15, 0.2) is 36.4 Å². The van der Waals surface area contributed by atoms with Gasteiger partial charge in [-0.05, 0) is 24.6 Å². The topological polar surface area (TPSA) is 71.0 Å². The highest BCUT2D eigenvalue weighted by molar-refractivity contribution is 5.91. The highest BCUT2D eigenvalue weighted by Gasteiger charge is 2.27. The molecule has 0 aromatic heterocycles. The standard InChI is InChI=1S/C16H22N2O4/c1-12(2)10-22-15-6-4-3-5-14(15)17-16(20)18-7-8-21-11-13(18)9-19/h3-6,13,19H,1,7-11H2,2H3,(H,17,20)/t13-/m0/s1. The molecule has 0 saturated carbocycles. The molecule has 1 heterocycles. The largest absolute Gasteiger partial charge is 0.487 e. The number of ether oxygens (including phenoxy) is 2. The molecule has 2 N–H and O–H groups in total. The number of anilines is 1. The van der Waals surface area contributed by atoms with E-state index in [2.05, 4.69) is 11.9 Å². The third-order valence-corrected chi connectivity index (χ3v) is 3.30. The van der Waals surface area contributed by atoms with Crippen molar-refractivity contribution < 1.29 is 19.4 Å². The van der Waals surface area contributed by atoms with Gasteiger partial charge in [-0.15, -0.1) is 0 Å². The summed E-state index contributed by atoms with van der Waals surface area (Å²) in [7, 11) is 0. The van der Waals surface area contributed by atoms with Gasteiger partial charge in [0.15, 0.2) is 0 Å². The first-order chi connectivity index (χ1) is 10.6. The van der Waals surface area contributed by atoms with E-state index in [9.17, 15) is 9.90 Å². The molecule has 120 valence electrons. The minimum atomic E-state index is -0.322. The average molecular weight is 306 g/mol. The van der Waals surface area contributed by atoms with Crippen molar-refractivity contribution in [3.63, 3.8) is 0 Å². The van der Waals surface area contributed by atoms with Crippen LogP contribution >= 0.6 is 0 Å². The van der Waals surface area contributed by atoms with E-state index >= 15 is 0 Å². The number of carbonyl (C=O) groups excluding carboxylic acids is 1. The molecule has 0 bridgehead atoms. The fourth-order valence-corrected chi connectivity index (χ4v) is 2.16. The summed E-state index contributed by atoms with van der Waals surface area (Å²) >= 11 is 0. The number of rotatable bonds is 5. The molecule has 0 spiro atoms. The van der Waals surface area contributed by atoms with Crippen LogP contribution in [0.4, 0.5) is 10.5 Å². The smallest absolute Gasteiger partial charge is 0.322 e. The molecule has 1 aromatic carbocycles. The van der Waals surface area contributed by atoms with Gasteiger partial charge in [-0.3, -0.25) is 0 Å². The quantitative estimate of drug-likeness (QED) is 0.815. The van der Waals surface area contributed by atoms with Gasteiger partial charge >= 0.3 is 6.03 Å². The monoisotopic (exact) mass is 306 g/mol. The summed E-state index contributed by atoms with van der Waals surface area (Å²) in [6.07, 6.45) is 0. The fourth-order valence-electron chi connectivity index (χ4n) is 2.16. The van der Waals surface area contributed by atoms with Gasteiger partial charge in [0.05, 0.1) is 31.5 Å². The number of para-hydroxylation sites is 2. The number of morpholine rings is 1. The second-order valence-electron chi connectivity index (χ2n) is 5.28. The lowest BCUT2D eigenvalue weighted by molar-refractivity contribution is -0.00485. The van der Waals surface area contributed by atoms with Gasteiger partial charge in [0, 0.05) is 6.54 Å². The maximum absolute atomic E-state index is 12.4. The summed E-state index contributed by atoms with van der Waals surface area (Å²) in [5.74, 6) is 0.590. The summed E-state index contributed by atoms with van der Waals surface area (Å²) in [5, 5.41) is 12.2. The summed E-state index contributed by atoms with van der Waals surface area (Å²) in [4.78, 5) is 14.0. The Labute approximate surface area is 130 Å². The van der Waals surface area contributed by atoms with E-state index in [1.54, 1.807) is 17.0 Å². The number of urea groups is 1. The van der Waals surface area contributed by atoms with Crippen LogP contribution in [-0.4, -0.2) is 55.1 Å². The molecule has 1 aromatic rings. The first-order valence-corrected chi connectivity index (χ1v) is 7.24. The molecule has 22 heavy (non-hydrogen) atoms. The third-order valence-electron chi connectivity index (χ3n) is 3.30. The number of benzene rings is 1. The van der Waals surface area contributed by atoms with E-state index in [1.807, 2.05) is 19.1 Å². The van der Waals surface area contributed by atoms with E-state index in [4.69, 9.17) is 9.47 Å². The van der Waals surface area contributed by atoms with Crippen LogP contribution in [0.25, 0.3) is 0 Å². The van der Waals surface area contributed by atoms with E-state index in [1.165, 1.54) is 0 Å². The van der Waals surface area contributed by atoms with Crippen LogP contribution in [0, 0.1) is 0 Å². The molecular weight excluding hydrogens is 284 g/mol. The summed E-state index contributed by atoms with van der Waals surface area (Å²) in [6, 6.07) is 6.65. The lowest BCUT2D eigenvalue weighted by Crippen LogP contribution is -2.52. The molecule has 1 atom stereocenters. The lowest BCUT2D eigenvalue weighted by Gasteiger charge is -2.34. The summed E-state index contributed by atoms with van der Waals surface area (Å²) in [6.45, 7) is 7.20. The molecular formula is C16H22N2O4. The van der Waals surface area contributed by atoms with E-state index < -0.39 is 0 Å². The van der Waals surface area contributed by atoms with Gasteiger partial charge < -0.3 is 24.8 Å². The average Bonchev–Trinajstić information content (AvgIpc) is 2.53. The van der Waals surface area contributed by atoms with Gasteiger partial charge in [-0.1, -0.05) is 18.7 Å². The number of aliphatic hydroxyl groups excluding tert-OH is 1. The predicted octanol–water partition coefficient (Wildman–Crippen LogP) is 1.87. The Hall–Kier alpha value is -2.05. The normalized spacial score (nSPS) is 17.9. The van der Waals surface area contributed by atoms with Crippen molar-refractivity contribution in [2.75, 3.05) is 38.3 Å². The van der Waals surface area contributed by atoms with Crippen molar-refractivity contribution >= 4 is 11.7 Å². The summed E-state index contributed by atoms with van der Waals surface area (Å²) < 4.78 is 10.9. The SMILES string of the molecule is C=C(C)COc1ccccc1NC(=O)N1CCOC[C@@H]1CO. The summed E-state index contributed by atoms with van der Waals surface area (Å²) in [5.41, 5.74) is 1.49. The van der Waals surface area contributed by atoms with Crippen LogP contribution in [0.1, 0.15) is 6.92 Å². The molecule has 6 heteroatoms. The molecule has 1 saturated heterocycles. The lowest BCUT2D eigenvalue weighted by atomic mass is 10.2. The van der Waals surface area contributed by atoms with Crippen molar-refractivity contribution in [2.24, 2.45) is 0 Å². The Kier molecular flexibility index (Phi) is 5.80. The third kappa shape index (κ3) is 4.22. The van der Waals surface area contributed by atoms with Gasteiger partial charge in [-0.25, -0.2) is 4.79 Å². The van der Waals surface area contributed by atoms with Gasteiger partial charge in [0.2, 0.25) is 0 Å².